The van der Waals surface area contributed by atoms with Crippen LogP contribution in [0.2, 0.25) is 0 Å². The number of nitrogens with zero attached hydrogens (tertiary/aromatic N) is 1. The van der Waals surface area contributed by atoms with Gasteiger partial charge in [-0.3, -0.25) is 9.79 Å². The van der Waals surface area contributed by atoms with Crippen LogP contribution in [-0.4, -0.2) is 51.8 Å². The van der Waals surface area contributed by atoms with Crippen LogP contribution in [0.15, 0.2) is 35.3 Å². The topological polar surface area (TPSA) is 74.8 Å². The minimum absolute atomic E-state index is 0.0675. The lowest BCUT2D eigenvalue weighted by molar-refractivity contribution is 0.0954. The van der Waals surface area contributed by atoms with E-state index in [1.165, 1.54) is 0 Å². The Morgan fingerprint density at radius 1 is 1.09 bits per heavy atom. The molecule has 0 atom stereocenters. The summed E-state index contributed by atoms with van der Waals surface area (Å²) < 4.78 is 5.27. The maximum Gasteiger partial charge on any atom is 0.251 e. The van der Waals surface area contributed by atoms with E-state index in [1.807, 2.05) is 25.1 Å². The van der Waals surface area contributed by atoms with Crippen molar-refractivity contribution in [3.05, 3.63) is 35.9 Å². The van der Waals surface area contributed by atoms with Gasteiger partial charge in [-0.2, -0.15) is 0 Å². The normalized spacial score (nSPS) is 11.1. The Hall–Kier alpha value is -2.08. The number of guanidine groups is 1. The highest BCUT2D eigenvalue weighted by Crippen LogP contribution is 1.96. The number of ether oxygens (including phenoxy) is 1. The third-order valence-electron chi connectivity index (χ3n) is 2.92. The molecule has 0 aliphatic heterocycles. The van der Waals surface area contributed by atoms with E-state index in [0.29, 0.717) is 18.7 Å². The average molecular weight is 306 g/mol. The second kappa shape index (κ2) is 11.6. The number of hydrogen-bond acceptors (Lipinski definition) is 3. The highest BCUT2D eigenvalue weighted by Gasteiger charge is 2.03. The van der Waals surface area contributed by atoms with E-state index >= 15 is 0 Å². The molecule has 0 heterocycles. The lowest BCUT2D eigenvalue weighted by atomic mass is 10.2. The fourth-order valence-electron chi connectivity index (χ4n) is 1.79. The summed E-state index contributed by atoms with van der Waals surface area (Å²) in [6.45, 7) is 5.42. The highest BCUT2D eigenvalue weighted by molar-refractivity contribution is 5.94. The molecule has 122 valence electrons. The van der Waals surface area contributed by atoms with Crippen molar-refractivity contribution in [1.82, 2.24) is 16.0 Å². The Labute approximate surface area is 132 Å². The number of amides is 1. The van der Waals surface area contributed by atoms with E-state index in [4.69, 9.17) is 4.74 Å². The van der Waals surface area contributed by atoms with Crippen molar-refractivity contribution in [3.63, 3.8) is 0 Å². The van der Waals surface area contributed by atoms with Gasteiger partial charge < -0.3 is 20.7 Å². The quantitative estimate of drug-likeness (QED) is 0.362. The minimum atomic E-state index is -0.0675. The maximum atomic E-state index is 11.8. The van der Waals surface area contributed by atoms with Gasteiger partial charge in [-0.25, -0.2) is 0 Å². The molecule has 3 N–H and O–H groups in total. The zero-order chi connectivity index (χ0) is 16.0. The molecule has 0 aliphatic carbocycles. The van der Waals surface area contributed by atoms with Crippen molar-refractivity contribution < 1.29 is 9.53 Å². The molecule has 6 nitrogen and oxygen atoms in total. The third-order valence-corrected chi connectivity index (χ3v) is 2.92. The Balaban J connectivity index is 2.13. The zero-order valence-corrected chi connectivity index (χ0v) is 13.4. The Morgan fingerprint density at radius 3 is 2.45 bits per heavy atom. The lowest BCUT2D eigenvalue weighted by Crippen LogP contribution is -2.42. The first-order valence-corrected chi connectivity index (χ1v) is 7.63. The number of aliphatic imine (C=N–C) groups is 1. The molecule has 0 spiro atoms. The molecule has 6 heteroatoms. The van der Waals surface area contributed by atoms with Crippen molar-refractivity contribution in [2.24, 2.45) is 4.99 Å². The predicted octanol–water partition coefficient (Wildman–Crippen LogP) is 1.01. The summed E-state index contributed by atoms with van der Waals surface area (Å²) in [4.78, 5) is 16.0. The Kier molecular flexibility index (Phi) is 9.45. The van der Waals surface area contributed by atoms with E-state index in [9.17, 15) is 4.79 Å². The lowest BCUT2D eigenvalue weighted by Gasteiger charge is -2.12. The summed E-state index contributed by atoms with van der Waals surface area (Å²) in [5.74, 6) is 0.660. The molecule has 0 saturated carbocycles. The van der Waals surface area contributed by atoms with Crippen LogP contribution >= 0.6 is 0 Å². The number of rotatable bonds is 9. The summed E-state index contributed by atoms with van der Waals surface area (Å²) in [5, 5.41) is 9.20. The van der Waals surface area contributed by atoms with Crippen LogP contribution in [0.1, 0.15) is 23.7 Å². The smallest absolute Gasteiger partial charge is 0.251 e. The molecule has 1 aromatic carbocycles. The van der Waals surface area contributed by atoms with Crippen molar-refractivity contribution in [2.75, 3.05) is 39.9 Å². The van der Waals surface area contributed by atoms with E-state index < -0.39 is 0 Å². The Morgan fingerprint density at radius 2 is 1.77 bits per heavy atom. The van der Waals surface area contributed by atoms with Gasteiger partial charge in [0.05, 0.1) is 0 Å². The maximum absolute atomic E-state index is 11.8. The molecule has 0 radical (unpaired) electrons. The fraction of sp³-hybridized carbons (Fsp3) is 0.500. The second-order valence-corrected chi connectivity index (χ2v) is 4.60. The summed E-state index contributed by atoms with van der Waals surface area (Å²) in [6, 6.07) is 9.17. The first kappa shape index (κ1) is 18.0. The van der Waals surface area contributed by atoms with Gasteiger partial charge in [0.2, 0.25) is 0 Å². The van der Waals surface area contributed by atoms with Gasteiger partial charge in [0, 0.05) is 45.5 Å². The molecule has 0 fully saturated rings. The minimum Gasteiger partial charge on any atom is -0.382 e. The molecular weight excluding hydrogens is 280 g/mol. The van der Waals surface area contributed by atoms with Crippen LogP contribution in [0, 0.1) is 0 Å². The molecular formula is C16H26N4O2. The van der Waals surface area contributed by atoms with Crippen LogP contribution < -0.4 is 16.0 Å². The van der Waals surface area contributed by atoms with Crippen molar-refractivity contribution in [2.45, 2.75) is 13.3 Å². The second-order valence-electron chi connectivity index (χ2n) is 4.60. The van der Waals surface area contributed by atoms with Crippen LogP contribution in [-0.2, 0) is 4.74 Å². The van der Waals surface area contributed by atoms with Crippen LogP contribution in [0.25, 0.3) is 0 Å². The van der Waals surface area contributed by atoms with Crippen molar-refractivity contribution >= 4 is 11.9 Å². The Bertz CT molecular complexity index is 449. The van der Waals surface area contributed by atoms with Crippen molar-refractivity contribution in [1.29, 1.82) is 0 Å². The van der Waals surface area contributed by atoms with Crippen molar-refractivity contribution in [3.8, 4) is 0 Å². The molecule has 0 unspecified atom stereocenters. The monoisotopic (exact) mass is 306 g/mol. The molecule has 22 heavy (non-hydrogen) atoms. The summed E-state index contributed by atoms with van der Waals surface area (Å²) in [6.07, 6.45) is 0.930. The van der Waals surface area contributed by atoms with Crippen LogP contribution in [0.3, 0.4) is 0 Å². The number of hydrogen-bond donors (Lipinski definition) is 3. The van der Waals surface area contributed by atoms with Gasteiger partial charge in [-0.1, -0.05) is 18.2 Å². The molecule has 0 aromatic heterocycles. The molecule has 0 aliphatic rings. The van der Waals surface area contributed by atoms with Gasteiger partial charge in [-0.15, -0.1) is 0 Å². The number of carbonyl (C=O) groups is 1. The molecule has 1 rings (SSSR count). The molecule has 1 aromatic rings. The zero-order valence-electron chi connectivity index (χ0n) is 13.4. The number of benzene rings is 1. The SMILES string of the molecule is CCOCCCNC(=NC)NCCNC(=O)c1ccccc1. The summed E-state index contributed by atoms with van der Waals surface area (Å²) in [7, 11) is 1.72. The largest absolute Gasteiger partial charge is 0.382 e. The van der Waals surface area contributed by atoms with E-state index in [-0.39, 0.29) is 5.91 Å². The van der Waals surface area contributed by atoms with Crippen LogP contribution in [0.4, 0.5) is 0 Å². The predicted molar refractivity (Wildman–Crippen MR) is 89.2 cm³/mol. The van der Waals surface area contributed by atoms with E-state index in [2.05, 4.69) is 20.9 Å². The van der Waals surface area contributed by atoms with E-state index in [0.717, 1.165) is 32.1 Å². The average Bonchev–Trinajstić information content (AvgIpc) is 2.57. The molecule has 0 bridgehead atoms. The third kappa shape index (κ3) is 7.64. The first-order valence-electron chi connectivity index (χ1n) is 7.63. The van der Waals surface area contributed by atoms with Crippen LogP contribution in [0.5, 0.6) is 0 Å². The standard InChI is InChI=1S/C16H26N4O2/c1-3-22-13-7-10-19-16(17-2)20-12-11-18-15(21)14-8-5-4-6-9-14/h4-6,8-9H,3,7,10-13H2,1-2H3,(H,18,21)(H2,17,19,20). The van der Waals surface area contributed by atoms with Gasteiger partial charge in [0.25, 0.3) is 5.91 Å². The fourth-order valence-corrected chi connectivity index (χ4v) is 1.79. The first-order chi connectivity index (χ1) is 10.8. The van der Waals surface area contributed by atoms with Gasteiger partial charge in [0.1, 0.15) is 0 Å². The number of nitrogens with one attached hydrogen (secondary N) is 3. The number of carbonyl (C=O) groups excluding carboxylic acids is 1. The van der Waals surface area contributed by atoms with E-state index in [1.54, 1.807) is 19.2 Å². The summed E-state index contributed by atoms with van der Waals surface area (Å²) in [5.41, 5.74) is 0.668. The van der Waals surface area contributed by atoms with Gasteiger partial charge in [0.15, 0.2) is 5.96 Å². The van der Waals surface area contributed by atoms with Gasteiger partial charge >= 0.3 is 0 Å². The summed E-state index contributed by atoms with van der Waals surface area (Å²) >= 11 is 0. The molecule has 1 amide bonds. The highest BCUT2D eigenvalue weighted by atomic mass is 16.5. The van der Waals surface area contributed by atoms with Gasteiger partial charge in [-0.05, 0) is 25.5 Å². The molecule has 0 saturated heterocycles.